The highest BCUT2D eigenvalue weighted by molar-refractivity contribution is 7.15. The molecule has 0 unspecified atom stereocenters. The van der Waals surface area contributed by atoms with Crippen molar-refractivity contribution in [1.29, 1.82) is 0 Å². The highest BCUT2D eigenvalue weighted by Gasteiger charge is 2.32. The Bertz CT molecular complexity index is 1190. The van der Waals surface area contributed by atoms with Gasteiger partial charge >= 0.3 is 0 Å². The second kappa shape index (κ2) is 9.89. The first-order chi connectivity index (χ1) is 16.5. The van der Waals surface area contributed by atoms with E-state index in [0.29, 0.717) is 19.0 Å². The van der Waals surface area contributed by atoms with Crippen LogP contribution in [0.1, 0.15) is 42.2 Å². The van der Waals surface area contributed by atoms with E-state index >= 15 is 0 Å². The van der Waals surface area contributed by atoms with Crippen molar-refractivity contribution in [2.75, 3.05) is 25.0 Å². The number of carbonyl (C=O) groups excluding carboxylic acids is 2. The highest BCUT2D eigenvalue weighted by atomic mass is 32.1. The number of amides is 2. The third-order valence-electron chi connectivity index (χ3n) is 6.47. The first-order valence-electron chi connectivity index (χ1n) is 11.7. The lowest BCUT2D eigenvalue weighted by Gasteiger charge is -2.33. The highest BCUT2D eigenvalue weighted by Crippen LogP contribution is 2.39. The number of aromatic nitrogens is 3. The van der Waals surface area contributed by atoms with Crippen LogP contribution in [-0.2, 0) is 9.59 Å². The molecule has 1 aliphatic heterocycles. The Hall–Kier alpha value is -3.33. The number of pyridine rings is 2. The Morgan fingerprint density at radius 3 is 2.79 bits per heavy atom. The summed E-state index contributed by atoms with van der Waals surface area (Å²) in [4.78, 5) is 41.0. The fourth-order valence-electron chi connectivity index (χ4n) is 4.64. The van der Waals surface area contributed by atoms with Crippen LogP contribution in [0.15, 0.2) is 42.7 Å². The molecule has 34 heavy (non-hydrogen) atoms. The molecule has 0 spiro atoms. The summed E-state index contributed by atoms with van der Waals surface area (Å²) in [6.07, 6.45) is 7.26. The van der Waals surface area contributed by atoms with Crippen LogP contribution in [-0.4, -0.2) is 51.3 Å². The number of rotatable bonds is 5. The molecule has 176 valence electrons. The Morgan fingerprint density at radius 2 is 2.00 bits per heavy atom. The van der Waals surface area contributed by atoms with Crippen molar-refractivity contribution in [2.24, 2.45) is 5.92 Å². The first kappa shape index (κ1) is 22.5. The van der Waals surface area contributed by atoms with E-state index < -0.39 is 0 Å². The van der Waals surface area contributed by atoms with Crippen LogP contribution >= 0.6 is 11.3 Å². The monoisotopic (exact) mass is 476 g/mol. The summed E-state index contributed by atoms with van der Waals surface area (Å²) < 4.78 is 0. The minimum atomic E-state index is -0.0633. The molecular formula is C25H28N6O2S. The first-order valence-corrected chi connectivity index (χ1v) is 12.5. The molecule has 2 aliphatic rings. The molecule has 0 atom stereocenters. The molecule has 0 radical (unpaired) electrons. The second-order valence-electron chi connectivity index (χ2n) is 8.97. The number of piperazine rings is 1. The summed E-state index contributed by atoms with van der Waals surface area (Å²) in [5.41, 5.74) is 2.02. The van der Waals surface area contributed by atoms with E-state index in [1.165, 1.54) is 0 Å². The zero-order valence-corrected chi connectivity index (χ0v) is 20.0. The van der Waals surface area contributed by atoms with E-state index in [9.17, 15) is 9.59 Å². The molecule has 1 saturated heterocycles. The Balaban J connectivity index is 1.21. The van der Waals surface area contributed by atoms with Crippen LogP contribution in [0.4, 0.5) is 11.6 Å². The molecule has 2 fully saturated rings. The molecule has 0 aromatic carbocycles. The Morgan fingerprint density at radius 1 is 1.15 bits per heavy atom. The van der Waals surface area contributed by atoms with Gasteiger partial charge in [0.05, 0.1) is 22.1 Å². The molecule has 3 aromatic heterocycles. The summed E-state index contributed by atoms with van der Waals surface area (Å²) in [6, 6.07) is 9.86. The number of nitrogens with zero attached hydrogens (tertiary/aromatic N) is 4. The number of aryl methyl sites for hydroxylation is 1. The fourth-order valence-corrected chi connectivity index (χ4v) is 5.70. The number of anilines is 2. The second-order valence-corrected chi connectivity index (χ2v) is 10.0. The maximum Gasteiger partial charge on any atom is 0.239 e. The van der Waals surface area contributed by atoms with Gasteiger partial charge in [-0.3, -0.25) is 9.59 Å². The number of thiazole rings is 1. The lowest BCUT2D eigenvalue weighted by molar-refractivity contribution is -0.142. The Kier molecular flexibility index (Phi) is 6.53. The summed E-state index contributed by atoms with van der Waals surface area (Å²) >= 11 is 1.68. The molecule has 8 nitrogen and oxygen atoms in total. The van der Waals surface area contributed by atoms with E-state index in [4.69, 9.17) is 9.97 Å². The van der Waals surface area contributed by atoms with Crippen LogP contribution < -0.4 is 10.6 Å². The Labute approximate surface area is 202 Å². The molecule has 5 rings (SSSR count). The van der Waals surface area contributed by atoms with Crippen molar-refractivity contribution in [1.82, 2.24) is 25.2 Å². The van der Waals surface area contributed by atoms with Crippen molar-refractivity contribution < 1.29 is 9.59 Å². The van der Waals surface area contributed by atoms with E-state index in [0.717, 1.165) is 58.5 Å². The van der Waals surface area contributed by atoms with E-state index in [1.807, 2.05) is 43.5 Å². The standard InChI is InChI=1S/C25H28N6O2S/c1-16-9-10-26-22(13-16)30-21-4-2-3-19(29-21)20-14-28-24(34-20)17-5-7-18(8-6-17)25(33)31-12-11-27-23(32)15-31/h2-4,9-10,13-14,17-18H,5-8,11-12,15H2,1H3,(H,27,32)(H,26,29,30). The van der Waals surface area contributed by atoms with Crippen molar-refractivity contribution >= 4 is 34.8 Å². The maximum atomic E-state index is 12.8. The average molecular weight is 477 g/mol. The lowest BCUT2D eigenvalue weighted by atomic mass is 9.81. The quantitative estimate of drug-likeness (QED) is 0.580. The van der Waals surface area contributed by atoms with Crippen molar-refractivity contribution in [3.05, 3.63) is 53.3 Å². The van der Waals surface area contributed by atoms with Gasteiger partial charge in [-0.25, -0.2) is 15.0 Å². The zero-order chi connectivity index (χ0) is 23.5. The predicted octanol–water partition coefficient (Wildman–Crippen LogP) is 3.88. The van der Waals surface area contributed by atoms with Crippen LogP contribution in [0.3, 0.4) is 0 Å². The number of hydrogen-bond donors (Lipinski definition) is 2. The summed E-state index contributed by atoms with van der Waals surface area (Å²) in [6.45, 7) is 3.38. The normalized spacial score (nSPS) is 20.6. The van der Waals surface area contributed by atoms with Gasteiger partial charge in [0.2, 0.25) is 11.8 Å². The van der Waals surface area contributed by atoms with E-state index in [-0.39, 0.29) is 24.3 Å². The smallest absolute Gasteiger partial charge is 0.239 e. The third-order valence-corrected chi connectivity index (χ3v) is 7.65. The van der Waals surface area contributed by atoms with Crippen LogP contribution in [0.25, 0.3) is 10.6 Å². The van der Waals surface area contributed by atoms with Gasteiger partial charge in [0, 0.05) is 37.3 Å². The van der Waals surface area contributed by atoms with Crippen LogP contribution in [0.2, 0.25) is 0 Å². The van der Waals surface area contributed by atoms with Crippen LogP contribution in [0, 0.1) is 12.8 Å². The van der Waals surface area contributed by atoms with Crippen molar-refractivity contribution in [3.8, 4) is 10.6 Å². The average Bonchev–Trinajstić information content (AvgIpc) is 3.34. The molecule has 1 saturated carbocycles. The van der Waals surface area contributed by atoms with Gasteiger partial charge in [0.25, 0.3) is 0 Å². The molecule has 4 heterocycles. The predicted molar refractivity (Wildman–Crippen MR) is 132 cm³/mol. The third kappa shape index (κ3) is 5.09. The molecule has 9 heteroatoms. The van der Waals surface area contributed by atoms with Crippen LogP contribution in [0.5, 0.6) is 0 Å². The number of nitrogens with one attached hydrogen (secondary N) is 2. The van der Waals surface area contributed by atoms with Gasteiger partial charge in [-0.2, -0.15) is 0 Å². The minimum absolute atomic E-state index is 0.0150. The SMILES string of the molecule is Cc1ccnc(Nc2cccc(-c3cnc(C4CCC(C(=O)N5CCNC(=O)C5)CC4)s3)n2)c1. The van der Waals surface area contributed by atoms with Gasteiger partial charge in [0.1, 0.15) is 11.6 Å². The van der Waals surface area contributed by atoms with Gasteiger partial charge in [0.15, 0.2) is 0 Å². The largest absolute Gasteiger partial charge is 0.353 e. The van der Waals surface area contributed by atoms with Gasteiger partial charge in [-0.1, -0.05) is 6.07 Å². The topological polar surface area (TPSA) is 100 Å². The summed E-state index contributed by atoms with van der Waals surface area (Å²) in [5, 5.41) is 7.16. The van der Waals surface area contributed by atoms with Crippen molar-refractivity contribution in [2.45, 2.75) is 38.5 Å². The molecular weight excluding hydrogens is 448 g/mol. The van der Waals surface area contributed by atoms with Gasteiger partial charge < -0.3 is 15.5 Å². The maximum absolute atomic E-state index is 12.8. The number of hydrogen-bond acceptors (Lipinski definition) is 7. The lowest BCUT2D eigenvalue weighted by Crippen LogP contribution is -2.51. The summed E-state index contributed by atoms with van der Waals surface area (Å²) in [7, 11) is 0. The fraction of sp³-hybridized carbons (Fsp3) is 0.400. The molecule has 2 amide bonds. The van der Waals surface area contributed by atoms with Gasteiger partial charge in [-0.05, 0) is 62.4 Å². The van der Waals surface area contributed by atoms with Crippen molar-refractivity contribution in [3.63, 3.8) is 0 Å². The van der Waals surface area contributed by atoms with Gasteiger partial charge in [-0.15, -0.1) is 11.3 Å². The van der Waals surface area contributed by atoms with E-state index in [1.54, 1.807) is 22.4 Å². The molecule has 3 aromatic rings. The number of carbonyl (C=O) groups is 2. The minimum Gasteiger partial charge on any atom is -0.353 e. The zero-order valence-electron chi connectivity index (χ0n) is 19.2. The molecule has 1 aliphatic carbocycles. The molecule has 2 N–H and O–H groups in total. The molecule has 0 bridgehead atoms. The summed E-state index contributed by atoms with van der Waals surface area (Å²) in [5.74, 6) is 1.96. The van der Waals surface area contributed by atoms with E-state index in [2.05, 4.69) is 15.6 Å².